The molecule has 1 unspecified atom stereocenters. The number of aliphatic hydroxyl groups excluding tert-OH is 2. The van der Waals surface area contributed by atoms with Crippen LogP contribution in [0.5, 0.6) is 5.75 Å². The number of carbonyl (C=O) groups excluding carboxylic acids is 4. The Morgan fingerprint density at radius 3 is 2.36 bits per heavy atom. The first-order valence-corrected chi connectivity index (χ1v) is 11.5. The number of likely N-dealkylation sites (N-methyl/N-ethyl adjacent to an activating group) is 1. The van der Waals surface area contributed by atoms with E-state index in [2.05, 4.69) is 0 Å². The van der Waals surface area contributed by atoms with Crippen molar-refractivity contribution in [2.75, 3.05) is 14.1 Å². The number of esters is 1. The number of nitrogens with zero attached hydrogens (tertiary/aromatic N) is 1. The number of phenols is 1. The third-order valence-corrected chi connectivity index (χ3v) is 7.52. The molecule has 0 aromatic heterocycles. The van der Waals surface area contributed by atoms with E-state index in [1.165, 1.54) is 32.0 Å². The number of rotatable bonds is 4. The summed E-state index contributed by atoms with van der Waals surface area (Å²) < 4.78 is 5.74. The number of benzene rings is 1. The number of amides is 1. The Balaban J connectivity index is 2.11. The standard InChI is InChI=1S/C25H28N2O9/c1-5-12(29)36-21-13-9(2)10-7-6-8-11(28)14(10)19(30)15(13)22(32)25(35)17(21)18(27(3)4)20(31)16(23(25)33)24(26)34/h6-9,13,17-18,21,28,30,33,35H,5H2,1-4H3,(H2,26,34)/t9-,13+,17+,18?,21-,25-/m0/s1. The molecule has 3 aliphatic rings. The summed E-state index contributed by atoms with van der Waals surface area (Å²) in [5.41, 5.74) is 1.47. The first-order chi connectivity index (χ1) is 16.8. The minimum atomic E-state index is -2.94. The van der Waals surface area contributed by atoms with Crippen molar-refractivity contribution in [1.29, 1.82) is 0 Å². The lowest BCUT2D eigenvalue weighted by Gasteiger charge is -2.54. The third kappa shape index (κ3) is 3.19. The molecule has 0 heterocycles. The fourth-order valence-electron chi connectivity index (χ4n) is 5.92. The topological polar surface area (TPSA) is 188 Å². The number of fused-ring (bicyclic) bond motifs is 3. The van der Waals surface area contributed by atoms with Gasteiger partial charge in [-0.15, -0.1) is 0 Å². The van der Waals surface area contributed by atoms with Crippen molar-refractivity contribution >= 4 is 29.2 Å². The normalized spacial score (nSPS) is 31.7. The number of carbonyl (C=O) groups is 4. The summed E-state index contributed by atoms with van der Waals surface area (Å²) in [7, 11) is 2.93. The summed E-state index contributed by atoms with van der Waals surface area (Å²) in [4.78, 5) is 53.4. The lowest BCUT2D eigenvalue weighted by atomic mass is 9.54. The number of nitrogens with two attached hydrogens (primary N) is 1. The number of hydrogen-bond acceptors (Lipinski definition) is 10. The van der Waals surface area contributed by atoms with E-state index in [0.717, 1.165) is 0 Å². The highest BCUT2D eigenvalue weighted by Crippen LogP contribution is 2.56. The smallest absolute Gasteiger partial charge is 0.305 e. The second-order valence-corrected chi connectivity index (χ2v) is 9.61. The average Bonchev–Trinajstić information content (AvgIpc) is 2.80. The Morgan fingerprint density at radius 1 is 1.17 bits per heavy atom. The van der Waals surface area contributed by atoms with Crippen LogP contribution in [-0.4, -0.2) is 80.6 Å². The van der Waals surface area contributed by atoms with Crippen LogP contribution in [0.4, 0.5) is 0 Å². The van der Waals surface area contributed by atoms with Crippen LogP contribution in [0.2, 0.25) is 0 Å². The van der Waals surface area contributed by atoms with E-state index in [1.807, 2.05) is 0 Å². The van der Waals surface area contributed by atoms with Gasteiger partial charge in [-0.1, -0.05) is 26.0 Å². The van der Waals surface area contributed by atoms with Crippen molar-refractivity contribution in [3.63, 3.8) is 0 Å². The van der Waals surface area contributed by atoms with E-state index < -0.39 is 81.6 Å². The average molecular weight is 501 g/mol. The largest absolute Gasteiger partial charge is 0.508 e. The van der Waals surface area contributed by atoms with Crippen molar-refractivity contribution in [2.24, 2.45) is 17.6 Å². The van der Waals surface area contributed by atoms with Crippen molar-refractivity contribution in [3.8, 4) is 5.75 Å². The van der Waals surface area contributed by atoms with Gasteiger partial charge in [0.2, 0.25) is 5.78 Å². The van der Waals surface area contributed by atoms with Gasteiger partial charge in [0, 0.05) is 17.9 Å². The molecule has 1 amide bonds. The van der Waals surface area contributed by atoms with Gasteiger partial charge in [-0.2, -0.15) is 0 Å². The molecule has 1 fully saturated rings. The monoisotopic (exact) mass is 500 g/mol. The van der Waals surface area contributed by atoms with Crippen LogP contribution in [0.3, 0.4) is 0 Å². The van der Waals surface area contributed by atoms with Gasteiger partial charge in [-0.05, 0) is 31.6 Å². The van der Waals surface area contributed by atoms with Gasteiger partial charge in [-0.3, -0.25) is 24.1 Å². The fraction of sp³-hybridized carbons (Fsp3) is 0.440. The van der Waals surface area contributed by atoms with Crippen LogP contribution in [0, 0.1) is 11.8 Å². The van der Waals surface area contributed by atoms with Gasteiger partial charge in [0.25, 0.3) is 5.91 Å². The van der Waals surface area contributed by atoms with E-state index in [1.54, 1.807) is 19.1 Å². The number of phenolic OH excluding ortho intramolecular Hbond substituents is 1. The maximum atomic E-state index is 14.0. The van der Waals surface area contributed by atoms with Crippen LogP contribution in [0.25, 0.3) is 5.76 Å². The van der Waals surface area contributed by atoms with Gasteiger partial charge in [-0.25, -0.2) is 0 Å². The SMILES string of the molecule is CCC(=O)O[C@H]1[C@H]2C(=C(O)c3c(O)cccc3[C@@H]2C)C(=O)[C@]2(O)C(O)=C(C(N)=O)C(=O)C(N(C)C)[C@H]12. The number of Topliss-reactive ketones (excluding diaryl/α,β-unsaturated/α-hetero) is 2. The van der Waals surface area contributed by atoms with Crippen molar-refractivity contribution in [1.82, 2.24) is 4.90 Å². The Bertz CT molecular complexity index is 1260. The number of aromatic hydroxyl groups is 1. The highest BCUT2D eigenvalue weighted by Gasteiger charge is 2.69. The van der Waals surface area contributed by atoms with Crippen molar-refractivity contribution in [3.05, 3.63) is 46.2 Å². The highest BCUT2D eigenvalue weighted by molar-refractivity contribution is 6.24. The molecule has 6 atom stereocenters. The molecule has 192 valence electrons. The van der Waals surface area contributed by atoms with Crippen LogP contribution in [0.15, 0.2) is 35.1 Å². The molecular weight excluding hydrogens is 472 g/mol. The Labute approximate surface area is 206 Å². The molecule has 1 aromatic rings. The molecule has 3 aliphatic carbocycles. The van der Waals surface area contributed by atoms with Crippen molar-refractivity contribution < 1.29 is 44.3 Å². The number of ketones is 2. The van der Waals surface area contributed by atoms with Crippen molar-refractivity contribution in [2.45, 2.75) is 43.9 Å². The first-order valence-electron chi connectivity index (χ1n) is 11.5. The molecule has 0 spiro atoms. The molecule has 1 aromatic carbocycles. The van der Waals surface area contributed by atoms with Gasteiger partial charge in [0.1, 0.15) is 28.9 Å². The zero-order chi connectivity index (χ0) is 26.9. The van der Waals surface area contributed by atoms with E-state index in [4.69, 9.17) is 10.5 Å². The molecule has 11 nitrogen and oxygen atoms in total. The molecule has 11 heteroatoms. The van der Waals surface area contributed by atoms with Gasteiger partial charge in [0.15, 0.2) is 11.4 Å². The predicted octanol–water partition coefficient (Wildman–Crippen LogP) is 0.457. The maximum absolute atomic E-state index is 14.0. The Kier molecular flexibility index (Phi) is 5.96. The summed E-state index contributed by atoms with van der Waals surface area (Å²) >= 11 is 0. The summed E-state index contributed by atoms with van der Waals surface area (Å²) in [6.45, 7) is 3.23. The number of aliphatic hydroxyl groups is 3. The number of hydrogen-bond donors (Lipinski definition) is 5. The zero-order valence-electron chi connectivity index (χ0n) is 20.2. The number of ether oxygens (including phenoxy) is 1. The molecule has 6 N–H and O–H groups in total. The minimum Gasteiger partial charge on any atom is -0.508 e. The Hall–Kier alpha value is -3.70. The lowest BCUT2D eigenvalue weighted by Crippen LogP contribution is -2.71. The molecule has 4 rings (SSSR count). The molecule has 0 radical (unpaired) electrons. The molecular formula is C25H28N2O9. The fourth-order valence-corrected chi connectivity index (χ4v) is 5.92. The molecule has 36 heavy (non-hydrogen) atoms. The predicted molar refractivity (Wildman–Crippen MR) is 125 cm³/mol. The summed E-state index contributed by atoms with van der Waals surface area (Å²) in [6.07, 6.45) is -1.47. The molecule has 0 bridgehead atoms. The summed E-state index contributed by atoms with van der Waals surface area (Å²) in [5.74, 6) is -9.67. The van der Waals surface area contributed by atoms with Gasteiger partial charge >= 0.3 is 5.97 Å². The van der Waals surface area contributed by atoms with Crippen LogP contribution < -0.4 is 5.73 Å². The molecule has 0 saturated heterocycles. The molecule has 1 saturated carbocycles. The van der Waals surface area contributed by atoms with E-state index in [0.29, 0.717) is 5.56 Å². The first kappa shape index (κ1) is 25.4. The van der Waals surface area contributed by atoms with Crippen LogP contribution in [0.1, 0.15) is 37.3 Å². The third-order valence-electron chi connectivity index (χ3n) is 7.52. The highest BCUT2D eigenvalue weighted by atomic mass is 16.5. The lowest BCUT2D eigenvalue weighted by molar-refractivity contribution is -0.185. The van der Waals surface area contributed by atoms with E-state index in [9.17, 15) is 39.6 Å². The second-order valence-electron chi connectivity index (χ2n) is 9.61. The van der Waals surface area contributed by atoms with E-state index in [-0.39, 0.29) is 17.7 Å². The van der Waals surface area contributed by atoms with Crippen LogP contribution >= 0.6 is 0 Å². The zero-order valence-corrected chi connectivity index (χ0v) is 20.2. The quantitative estimate of drug-likeness (QED) is 0.287. The van der Waals surface area contributed by atoms with Gasteiger partial charge < -0.3 is 30.9 Å². The molecule has 0 aliphatic heterocycles. The number of primary amides is 1. The summed E-state index contributed by atoms with van der Waals surface area (Å²) in [6, 6.07) is 3.10. The minimum absolute atomic E-state index is 0.0399. The van der Waals surface area contributed by atoms with Gasteiger partial charge in [0.05, 0.1) is 17.5 Å². The summed E-state index contributed by atoms with van der Waals surface area (Å²) in [5, 5.41) is 44.5. The Morgan fingerprint density at radius 2 is 1.81 bits per heavy atom. The second kappa shape index (κ2) is 8.45. The van der Waals surface area contributed by atoms with Crippen LogP contribution in [-0.2, 0) is 23.9 Å². The maximum Gasteiger partial charge on any atom is 0.305 e. The van der Waals surface area contributed by atoms with E-state index >= 15 is 0 Å².